The van der Waals surface area contributed by atoms with Crippen LogP contribution in [0.4, 0.5) is 46.5 Å². The fraction of sp³-hybridized carbons (Fsp3) is 0.200. The number of alkyl halides is 3. The van der Waals surface area contributed by atoms with Crippen LogP contribution in [0.15, 0.2) is 66.9 Å². The highest BCUT2D eigenvalue weighted by atomic mass is 19.4. The Morgan fingerprint density at radius 1 is 0.976 bits per heavy atom. The van der Waals surface area contributed by atoms with Gasteiger partial charge in [0.15, 0.2) is 0 Å². The number of aryl methyl sites for hydroxylation is 3. The first kappa shape index (κ1) is 27.6. The van der Waals surface area contributed by atoms with Crippen molar-refractivity contribution in [2.24, 2.45) is 0 Å². The van der Waals surface area contributed by atoms with Crippen LogP contribution in [0.5, 0.6) is 0 Å². The molecule has 0 atom stereocenters. The summed E-state index contributed by atoms with van der Waals surface area (Å²) >= 11 is 0. The molecule has 41 heavy (non-hydrogen) atoms. The van der Waals surface area contributed by atoms with Gasteiger partial charge < -0.3 is 10.6 Å². The molecule has 1 aliphatic rings. The average Bonchev–Trinajstić information content (AvgIpc) is 2.93. The van der Waals surface area contributed by atoms with Gasteiger partial charge in [-0.1, -0.05) is 12.1 Å². The minimum atomic E-state index is -4.56. The van der Waals surface area contributed by atoms with Gasteiger partial charge in [0, 0.05) is 41.8 Å². The van der Waals surface area contributed by atoms with E-state index in [1.807, 2.05) is 39.0 Å². The van der Waals surface area contributed by atoms with Crippen molar-refractivity contribution >= 4 is 40.5 Å². The lowest BCUT2D eigenvalue weighted by molar-refractivity contribution is -0.137. The van der Waals surface area contributed by atoms with Gasteiger partial charge in [0.05, 0.1) is 34.9 Å². The lowest BCUT2D eigenvalue weighted by Crippen LogP contribution is -2.45. The van der Waals surface area contributed by atoms with Crippen LogP contribution in [0.25, 0.3) is 0 Å². The molecule has 0 aliphatic carbocycles. The van der Waals surface area contributed by atoms with Crippen molar-refractivity contribution in [1.29, 1.82) is 0 Å². The Kier molecular flexibility index (Phi) is 7.12. The fourth-order valence-corrected chi connectivity index (χ4v) is 4.66. The number of rotatable bonds is 5. The maximum absolute atomic E-state index is 13.5. The molecular formula is C30H27F3N6O2. The van der Waals surface area contributed by atoms with E-state index in [0.717, 1.165) is 40.3 Å². The van der Waals surface area contributed by atoms with Crippen LogP contribution in [0.3, 0.4) is 0 Å². The maximum Gasteiger partial charge on any atom is 0.416 e. The molecule has 2 aromatic heterocycles. The van der Waals surface area contributed by atoms with Crippen molar-refractivity contribution in [3.05, 3.63) is 101 Å². The Hall–Kier alpha value is -4.93. The number of fused-ring (bicyclic) bond motifs is 1. The number of aromatic nitrogens is 2. The summed E-state index contributed by atoms with van der Waals surface area (Å²) in [7, 11) is 1.67. The monoisotopic (exact) mass is 560 g/mol. The van der Waals surface area contributed by atoms with Gasteiger partial charge in [0.2, 0.25) is 0 Å². The molecule has 8 nitrogen and oxygen atoms in total. The number of pyridine rings is 2. The number of nitrogens with one attached hydrogen (secondary N) is 2. The molecule has 0 saturated carbocycles. The minimum absolute atomic E-state index is 0.128. The first-order valence-corrected chi connectivity index (χ1v) is 12.8. The predicted molar refractivity (Wildman–Crippen MR) is 152 cm³/mol. The predicted octanol–water partition coefficient (Wildman–Crippen LogP) is 6.99. The largest absolute Gasteiger partial charge is 0.416 e. The molecule has 2 aromatic carbocycles. The van der Waals surface area contributed by atoms with Crippen LogP contribution in [-0.4, -0.2) is 29.0 Å². The second kappa shape index (κ2) is 10.6. The van der Waals surface area contributed by atoms with Gasteiger partial charge in [-0.3, -0.25) is 19.6 Å². The number of urea groups is 1. The van der Waals surface area contributed by atoms with Crippen LogP contribution >= 0.6 is 0 Å². The number of halogens is 3. The summed E-state index contributed by atoms with van der Waals surface area (Å²) in [5, 5.41) is 5.90. The Balaban J connectivity index is 1.38. The minimum Gasteiger partial charge on any atom is -0.339 e. The third kappa shape index (κ3) is 5.69. The molecule has 0 radical (unpaired) electrons. The third-order valence-corrected chi connectivity index (χ3v) is 6.87. The Bertz CT molecular complexity index is 1670. The molecule has 3 amide bonds. The molecule has 0 fully saturated rings. The lowest BCUT2D eigenvalue weighted by Gasteiger charge is -2.36. The summed E-state index contributed by atoms with van der Waals surface area (Å²) in [6.07, 6.45) is -2.86. The van der Waals surface area contributed by atoms with E-state index in [0.29, 0.717) is 22.9 Å². The topological polar surface area (TPSA) is 90.5 Å². The molecule has 3 heterocycles. The Morgan fingerprint density at radius 2 is 1.76 bits per heavy atom. The van der Waals surface area contributed by atoms with Gasteiger partial charge in [-0.25, -0.2) is 9.78 Å². The quantitative estimate of drug-likeness (QED) is 0.275. The SMILES string of the molecule is Cc1ccc(Nc2cc3c(cn2)CN(c2cc(NC(=O)c4cccc(C(F)(F)F)c4)ccc2C)C(=O)N3C)c(C)n1. The van der Waals surface area contributed by atoms with Crippen LogP contribution in [-0.2, 0) is 12.7 Å². The van der Waals surface area contributed by atoms with E-state index in [4.69, 9.17) is 0 Å². The first-order chi connectivity index (χ1) is 19.4. The van der Waals surface area contributed by atoms with Crippen molar-refractivity contribution < 1.29 is 22.8 Å². The van der Waals surface area contributed by atoms with Crippen LogP contribution in [0, 0.1) is 20.8 Å². The maximum atomic E-state index is 13.5. The standard InChI is InChI=1S/C30H27F3N6O2/c1-17-8-10-23(36-28(40)20-6-5-7-22(12-20)30(31,32)33)13-25(17)39-16-21-15-34-27(14-26(21)38(4)29(39)41)37-24-11-9-18(2)35-19(24)3/h5-15H,16H2,1-4H3,(H,34,37)(H,36,40). The Morgan fingerprint density at radius 3 is 2.49 bits per heavy atom. The summed E-state index contributed by atoms with van der Waals surface area (Å²) < 4.78 is 39.3. The van der Waals surface area contributed by atoms with Crippen molar-refractivity contribution in [2.75, 3.05) is 27.5 Å². The highest BCUT2D eigenvalue weighted by Gasteiger charge is 2.32. The molecule has 11 heteroatoms. The van der Waals surface area contributed by atoms with Gasteiger partial charge >= 0.3 is 12.2 Å². The molecule has 0 bridgehead atoms. The second-order valence-electron chi connectivity index (χ2n) is 9.87. The number of anilines is 5. The summed E-state index contributed by atoms with van der Waals surface area (Å²) in [5.74, 6) is -0.123. The summed E-state index contributed by atoms with van der Waals surface area (Å²) in [6, 6.07) is 14.6. The number of hydrogen-bond donors (Lipinski definition) is 2. The Labute approximate surface area is 234 Å². The molecule has 210 valence electrons. The number of carbonyl (C=O) groups excluding carboxylic acids is 2. The lowest BCUT2D eigenvalue weighted by atomic mass is 10.1. The van der Waals surface area contributed by atoms with Crippen molar-refractivity contribution in [3.63, 3.8) is 0 Å². The normalized spacial score (nSPS) is 13.2. The average molecular weight is 561 g/mol. The van der Waals surface area contributed by atoms with E-state index >= 15 is 0 Å². The molecule has 5 rings (SSSR count). The summed E-state index contributed by atoms with van der Waals surface area (Å²) in [4.78, 5) is 38.3. The number of hydrogen-bond acceptors (Lipinski definition) is 5. The molecule has 1 aliphatic heterocycles. The molecule has 2 N–H and O–H groups in total. The second-order valence-corrected chi connectivity index (χ2v) is 9.87. The first-order valence-electron chi connectivity index (χ1n) is 12.8. The van der Waals surface area contributed by atoms with Crippen molar-refractivity contribution in [1.82, 2.24) is 9.97 Å². The molecular weight excluding hydrogens is 533 g/mol. The zero-order chi connectivity index (χ0) is 29.5. The van der Waals surface area contributed by atoms with Crippen LogP contribution < -0.4 is 20.4 Å². The molecule has 4 aromatic rings. The highest BCUT2D eigenvalue weighted by molar-refractivity contribution is 6.08. The van der Waals surface area contributed by atoms with Gasteiger partial charge in [-0.05, 0) is 68.8 Å². The van der Waals surface area contributed by atoms with E-state index in [1.165, 1.54) is 17.0 Å². The summed E-state index contributed by atoms with van der Waals surface area (Å²) in [5.41, 5.74) is 4.70. The van der Waals surface area contributed by atoms with E-state index in [1.54, 1.807) is 36.3 Å². The zero-order valence-electron chi connectivity index (χ0n) is 22.8. The van der Waals surface area contributed by atoms with Crippen LogP contribution in [0.2, 0.25) is 0 Å². The van der Waals surface area contributed by atoms with E-state index < -0.39 is 17.6 Å². The third-order valence-electron chi connectivity index (χ3n) is 6.87. The van der Waals surface area contributed by atoms with Gasteiger partial charge in [0.25, 0.3) is 5.91 Å². The van der Waals surface area contributed by atoms with Crippen LogP contribution in [0.1, 0.15) is 38.4 Å². The number of nitrogens with zero attached hydrogens (tertiary/aromatic N) is 4. The highest BCUT2D eigenvalue weighted by Crippen LogP contribution is 2.35. The van der Waals surface area contributed by atoms with Crippen molar-refractivity contribution in [3.8, 4) is 0 Å². The summed E-state index contributed by atoms with van der Waals surface area (Å²) in [6.45, 7) is 5.89. The fourth-order valence-electron chi connectivity index (χ4n) is 4.66. The van der Waals surface area contributed by atoms with E-state index in [-0.39, 0.29) is 18.1 Å². The van der Waals surface area contributed by atoms with E-state index in [9.17, 15) is 22.8 Å². The number of benzene rings is 2. The molecule has 0 saturated heterocycles. The van der Waals surface area contributed by atoms with Crippen molar-refractivity contribution in [2.45, 2.75) is 33.5 Å². The molecule has 0 spiro atoms. The van der Waals surface area contributed by atoms with Gasteiger partial charge in [-0.2, -0.15) is 13.2 Å². The smallest absolute Gasteiger partial charge is 0.339 e. The molecule has 0 unspecified atom stereocenters. The number of carbonyl (C=O) groups is 2. The van der Waals surface area contributed by atoms with Gasteiger partial charge in [-0.15, -0.1) is 0 Å². The zero-order valence-corrected chi connectivity index (χ0v) is 22.8. The number of amides is 3. The van der Waals surface area contributed by atoms with Gasteiger partial charge in [0.1, 0.15) is 5.82 Å². The van der Waals surface area contributed by atoms with E-state index in [2.05, 4.69) is 20.6 Å².